The largest absolute Gasteiger partial charge is 0.379 e. The van der Waals surface area contributed by atoms with Crippen LogP contribution >= 0.6 is 15.9 Å². The number of hydrogen-bond donors (Lipinski definition) is 0. The van der Waals surface area contributed by atoms with Crippen LogP contribution in [0.4, 0.5) is 0 Å². The van der Waals surface area contributed by atoms with Crippen molar-refractivity contribution in [1.82, 2.24) is 9.80 Å². The smallest absolute Gasteiger partial charge is 0.216 e. The van der Waals surface area contributed by atoms with Crippen LogP contribution in [0.5, 0.6) is 0 Å². The maximum absolute atomic E-state index is 12.5. The Morgan fingerprint density at radius 1 is 1.19 bits per heavy atom. The average molecular weight is 431 g/mol. The van der Waals surface area contributed by atoms with Crippen LogP contribution in [0, 0.1) is 0 Å². The first-order chi connectivity index (χ1) is 13.2. The van der Waals surface area contributed by atoms with Crippen LogP contribution in [0.1, 0.15) is 23.6 Å². The van der Waals surface area contributed by atoms with E-state index in [0.717, 1.165) is 66.6 Å². The lowest BCUT2D eigenvalue weighted by Gasteiger charge is -2.36. The fraction of sp³-hybridized carbons (Fsp3) is 0.429. The minimum absolute atomic E-state index is 0.362. The topological polar surface area (TPSA) is 49.9 Å². The fourth-order valence-electron chi connectivity index (χ4n) is 4.27. The summed E-state index contributed by atoms with van der Waals surface area (Å²) in [6.07, 6.45) is 1.44. The number of morpholine rings is 1. The van der Waals surface area contributed by atoms with Gasteiger partial charge in [0.05, 0.1) is 13.2 Å². The van der Waals surface area contributed by atoms with Crippen molar-refractivity contribution in [2.75, 3.05) is 39.4 Å². The average Bonchev–Trinajstić information content (AvgIpc) is 2.70. The first kappa shape index (κ1) is 18.7. The van der Waals surface area contributed by atoms with E-state index in [-0.39, 0.29) is 5.78 Å². The van der Waals surface area contributed by atoms with Crippen molar-refractivity contribution in [1.29, 1.82) is 0 Å². The molecule has 0 N–H and O–H groups in total. The second-order valence-electron chi connectivity index (χ2n) is 7.18. The Morgan fingerprint density at radius 3 is 2.78 bits per heavy atom. The molecular weight excluding hydrogens is 408 g/mol. The third-order valence-electron chi connectivity index (χ3n) is 5.55. The van der Waals surface area contributed by atoms with E-state index in [4.69, 9.17) is 4.74 Å². The van der Waals surface area contributed by atoms with Crippen molar-refractivity contribution in [3.63, 3.8) is 0 Å². The molecule has 1 unspecified atom stereocenters. The van der Waals surface area contributed by atoms with Crippen LogP contribution in [0.3, 0.4) is 0 Å². The van der Waals surface area contributed by atoms with E-state index >= 15 is 0 Å². The molecule has 2 aliphatic heterocycles. The predicted molar refractivity (Wildman–Crippen MR) is 108 cm³/mol. The third kappa shape index (κ3) is 3.72. The molecule has 2 aliphatic rings. The molecule has 0 amide bonds. The summed E-state index contributed by atoms with van der Waals surface area (Å²) in [6.45, 7) is 5.97. The highest BCUT2D eigenvalue weighted by Crippen LogP contribution is 2.39. The Morgan fingerprint density at radius 2 is 2.00 bits per heavy atom. The van der Waals surface area contributed by atoms with Crippen LogP contribution in [0.25, 0.3) is 10.8 Å². The van der Waals surface area contributed by atoms with Crippen LogP contribution in [0.2, 0.25) is 0 Å². The van der Waals surface area contributed by atoms with Gasteiger partial charge in [0.2, 0.25) is 5.78 Å². The van der Waals surface area contributed by atoms with Gasteiger partial charge in [0.1, 0.15) is 6.04 Å². The summed E-state index contributed by atoms with van der Waals surface area (Å²) >= 11 is 3.61. The molecule has 5 nitrogen and oxygen atoms in total. The molecule has 0 spiro atoms. The molecule has 1 atom stereocenters. The standard InChI is InChI=1S/C21H23BrN2O3/c22-18-6-5-17-20-15(3-1-4-16(18)20)13-24(21(17)19(26)14-25)8-2-7-23-9-11-27-12-10-23/h1,3-6,14,21H,2,7-13H2. The van der Waals surface area contributed by atoms with Crippen molar-refractivity contribution in [2.24, 2.45) is 0 Å². The van der Waals surface area contributed by atoms with Gasteiger partial charge in [-0.2, -0.15) is 0 Å². The van der Waals surface area contributed by atoms with Gasteiger partial charge in [0, 0.05) is 30.7 Å². The highest BCUT2D eigenvalue weighted by molar-refractivity contribution is 9.10. The minimum atomic E-state index is -0.488. The molecule has 142 valence electrons. The van der Waals surface area contributed by atoms with Crippen LogP contribution in [0.15, 0.2) is 34.8 Å². The van der Waals surface area contributed by atoms with Crippen LogP contribution in [-0.4, -0.2) is 61.3 Å². The number of rotatable bonds is 6. The summed E-state index contributed by atoms with van der Waals surface area (Å²) < 4.78 is 6.42. The molecule has 0 saturated carbocycles. The summed E-state index contributed by atoms with van der Waals surface area (Å²) in [4.78, 5) is 28.4. The van der Waals surface area contributed by atoms with E-state index in [0.29, 0.717) is 12.8 Å². The number of aldehydes is 1. The normalized spacial score (nSPS) is 20.7. The van der Waals surface area contributed by atoms with Gasteiger partial charge in [-0.05, 0) is 40.9 Å². The van der Waals surface area contributed by atoms with Gasteiger partial charge in [-0.15, -0.1) is 0 Å². The zero-order chi connectivity index (χ0) is 18.8. The second-order valence-corrected chi connectivity index (χ2v) is 8.03. The number of Topliss-reactive ketones (excluding diaryl/α,β-unsaturated/α-hetero) is 1. The number of nitrogens with zero attached hydrogens (tertiary/aromatic N) is 2. The molecule has 4 rings (SSSR count). The zero-order valence-corrected chi connectivity index (χ0v) is 16.8. The van der Waals surface area contributed by atoms with E-state index in [1.165, 1.54) is 5.56 Å². The Kier molecular flexibility index (Phi) is 5.68. The molecule has 0 aliphatic carbocycles. The highest BCUT2D eigenvalue weighted by atomic mass is 79.9. The summed E-state index contributed by atoms with van der Waals surface area (Å²) in [6, 6.07) is 9.70. The van der Waals surface area contributed by atoms with Gasteiger partial charge in [0.25, 0.3) is 0 Å². The summed E-state index contributed by atoms with van der Waals surface area (Å²) in [7, 11) is 0. The molecule has 2 aromatic carbocycles. The summed E-state index contributed by atoms with van der Waals surface area (Å²) in [5.74, 6) is -0.362. The van der Waals surface area contributed by atoms with Crippen LogP contribution in [-0.2, 0) is 20.9 Å². The molecular formula is C21H23BrN2O3. The molecule has 1 saturated heterocycles. The number of carbonyl (C=O) groups excluding carboxylic acids is 2. The second kappa shape index (κ2) is 8.19. The SMILES string of the molecule is O=CC(=O)C1c2ccc(Br)c3cccc(c23)CN1CCCN1CCOCC1. The number of ether oxygens (including phenoxy) is 1. The molecule has 2 aromatic rings. The number of ketones is 1. The Bertz CT molecular complexity index is 864. The molecule has 0 radical (unpaired) electrons. The van der Waals surface area contributed by atoms with Gasteiger partial charge < -0.3 is 4.74 Å². The lowest BCUT2D eigenvalue weighted by atomic mass is 9.88. The Hall–Kier alpha value is -1.60. The van der Waals surface area contributed by atoms with Gasteiger partial charge in [0.15, 0.2) is 6.29 Å². The quantitative estimate of drug-likeness (QED) is 0.520. The molecule has 27 heavy (non-hydrogen) atoms. The third-order valence-corrected chi connectivity index (χ3v) is 6.24. The van der Waals surface area contributed by atoms with E-state index in [1.807, 2.05) is 12.1 Å². The predicted octanol–water partition coefficient (Wildman–Crippen LogP) is 2.95. The van der Waals surface area contributed by atoms with E-state index in [9.17, 15) is 9.59 Å². The van der Waals surface area contributed by atoms with Gasteiger partial charge in [-0.25, -0.2) is 0 Å². The van der Waals surface area contributed by atoms with Crippen LogP contribution < -0.4 is 0 Å². The van der Waals surface area contributed by atoms with E-state index < -0.39 is 6.04 Å². The van der Waals surface area contributed by atoms with Crippen molar-refractivity contribution >= 4 is 38.8 Å². The monoisotopic (exact) mass is 430 g/mol. The molecule has 0 bridgehead atoms. The lowest BCUT2D eigenvalue weighted by Crippen LogP contribution is -2.41. The van der Waals surface area contributed by atoms with Crippen molar-refractivity contribution < 1.29 is 14.3 Å². The summed E-state index contributed by atoms with van der Waals surface area (Å²) in [5.41, 5.74) is 2.16. The van der Waals surface area contributed by atoms with Crippen molar-refractivity contribution in [3.05, 3.63) is 45.9 Å². The van der Waals surface area contributed by atoms with E-state index in [2.05, 4.69) is 43.9 Å². The maximum atomic E-state index is 12.5. The lowest BCUT2D eigenvalue weighted by molar-refractivity contribution is -0.134. The van der Waals surface area contributed by atoms with Gasteiger partial charge >= 0.3 is 0 Å². The number of carbonyl (C=O) groups is 2. The molecule has 0 aromatic heterocycles. The van der Waals surface area contributed by atoms with Gasteiger partial charge in [-0.3, -0.25) is 19.4 Å². The molecule has 2 heterocycles. The highest BCUT2D eigenvalue weighted by Gasteiger charge is 2.33. The number of halogens is 1. The van der Waals surface area contributed by atoms with Gasteiger partial charge in [-0.1, -0.05) is 40.2 Å². The molecule has 6 heteroatoms. The van der Waals surface area contributed by atoms with Crippen molar-refractivity contribution in [3.8, 4) is 0 Å². The fourth-order valence-corrected chi connectivity index (χ4v) is 4.73. The maximum Gasteiger partial charge on any atom is 0.216 e. The minimum Gasteiger partial charge on any atom is -0.379 e. The first-order valence-electron chi connectivity index (χ1n) is 9.42. The van der Waals surface area contributed by atoms with Crippen molar-refractivity contribution in [2.45, 2.75) is 19.0 Å². The zero-order valence-electron chi connectivity index (χ0n) is 15.2. The number of benzene rings is 2. The first-order valence-corrected chi connectivity index (χ1v) is 10.2. The molecule has 1 fully saturated rings. The number of hydrogen-bond acceptors (Lipinski definition) is 5. The van der Waals surface area contributed by atoms with E-state index in [1.54, 1.807) is 0 Å². The Labute approximate surface area is 167 Å². The summed E-state index contributed by atoms with van der Waals surface area (Å²) in [5, 5.41) is 2.21. The Balaban J connectivity index is 1.59.